The van der Waals surface area contributed by atoms with Crippen LogP contribution in [-0.2, 0) is 16.0 Å². The Labute approximate surface area is 200 Å². The zero-order valence-corrected chi connectivity index (χ0v) is 21.1. The van der Waals surface area contributed by atoms with Gasteiger partial charge >= 0.3 is 0 Å². The third-order valence-electron chi connectivity index (χ3n) is 6.78. The van der Waals surface area contributed by atoms with E-state index in [1.165, 1.54) is 12.0 Å². The third-order valence-corrected chi connectivity index (χ3v) is 6.78. The van der Waals surface area contributed by atoms with Crippen LogP contribution in [0, 0.1) is 17.8 Å². The molecule has 1 aromatic rings. The second-order valence-electron chi connectivity index (χ2n) is 9.70. The summed E-state index contributed by atoms with van der Waals surface area (Å²) in [5, 5.41) is 13.5. The number of ether oxygens (including phenoxy) is 3. The van der Waals surface area contributed by atoms with Gasteiger partial charge in [0.2, 0.25) is 5.91 Å². The highest BCUT2D eigenvalue weighted by atomic mass is 16.5. The van der Waals surface area contributed by atoms with E-state index in [-0.39, 0.29) is 11.8 Å². The van der Waals surface area contributed by atoms with E-state index in [0.29, 0.717) is 38.0 Å². The fraction of sp³-hybridized carbons (Fsp3) is 0.741. The van der Waals surface area contributed by atoms with Crippen LogP contribution in [0.5, 0.6) is 11.5 Å². The fourth-order valence-corrected chi connectivity index (χ4v) is 4.56. The molecule has 0 bridgehead atoms. The van der Waals surface area contributed by atoms with Crippen LogP contribution in [0.2, 0.25) is 0 Å². The number of rotatable bonds is 15. The molecule has 1 saturated carbocycles. The van der Waals surface area contributed by atoms with E-state index in [0.717, 1.165) is 56.4 Å². The number of aliphatic hydroxyl groups is 1. The molecule has 1 amide bonds. The third kappa shape index (κ3) is 9.93. The minimum atomic E-state index is -0.505. The van der Waals surface area contributed by atoms with Crippen LogP contribution in [0.3, 0.4) is 0 Å². The molecule has 2 rings (SSSR count). The molecule has 0 aromatic heterocycles. The van der Waals surface area contributed by atoms with Crippen LogP contribution in [0.4, 0.5) is 0 Å². The summed E-state index contributed by atoms with van der Waals surface area (Å²) < 4.78 is 16.5. The Morgan fingerprint density at radius 2 is 1.85 bits per heavy atom. The molecule has 1 fully saturated rings. The standard InChI is InChI=1S/C27H45NO5/c1-20(2)23(12-13-24(29)19-28-27(30)22-9-6-5-7-10-22)17-21-11-14-25(32-4)26(18-21)33-16-8-15-31-3/h11,14,18,20,22-24,29H,5-10,12-13,15-17,19H2,1-4H3,(H,28,30). The molecule has 2 atom stereocenters. The van der Waals surface area contributed by atoms with Gasteiger partial charge in [-0.15, -0.1) is 0 Å². The minimum absolute atomic E-state index is 0.116. The molecule has 0 aliphatic heterocycles. The largest absolute Gasteiger partial charge is 0.493 e. The lowest BCUT2D eigenvalue weighted by molar-refractivity contribution is -0.126. The number of carbonyl (C=O) groups is 1. The van der Waals surface area contributed by atoms with Crippen molar-refractivity contribution in [1.29, 1.82) is 0 Å². The van der Waals surface area contributed by atoms with E-state index >= 15 is 0 Å². The summed E-state index contributed by atoms with van der Waals surface area (Å²) in [6.07, 6.45) is 8.31. The maximum Gasteiger partial charge on any atom is 0.223 e. The Morgan fingerprint density at radius 1 is 1.09 bits per heavy atom. The molecular formula is C27H45NO5. The van der Waals surface area contributed by atoms with Gasteiger partial charge in [0.15, 0.2) is 11.5 Å². The van der Waals surface area contributed by atoms with Crippen LogP contribution >= 0.6 is 0 Å². The monoisotopic (exact) mass is 463 g/mol. The van der Waals surface area contributed by atoms with Gasteiger partial charge in [-0.2, -0.15) is 0 Å². The number of nitrogens with one attached hydrogen (secondary N) is 1. The summed E-state index contributed by atoms with van der Waals surface area (Å²) in [7, 11) is 3.34. The second-order valence-corrected chi connectivity index (χ2v) is 9.70. The molecule has 1 aliphatic rings. The maximum atomic E-state index is 12.3. The Hall–Kier alpha value is -1.79. The van der Waals surface area contributed by atoms with E-state index in [2.05, 4.69) is 31.3 Å². The van der Waals surface area contributed by atoms with Crippen LogP contribution in [0.25, 0.3) is 0 Å². The zero-order valence-electron chi connectivity index (χ0n) is 21.1. The molecule has 6 nitrogen and oxygen atoms in total. The molecule has 1 aliphatic carbocycles. The van der Waals surface area contributed by atoms with Crippen molar-refractivity contribution in [3.8, 4) is 11.5 Å². The highest BCUT2D eigenvalue weighted by molar-refractivity contribution is 5.78. The molecule has 0 heterocycles. The van der Waals surface area contributed by atoms with Gasteiger partial charge in [-0.05, 0) is 61.6 Å². The average Bonchev–Trinajstić information content (AvgIpc) is 2.83. The van der Waals surface area contributed by atoms with E-state index in [1.807, 2.05) is 6.07 Å². The SMILES string of the molecule is COCCCOc1cc(CC(CCC(O)CNC(=O)C2CCCCC2)C(C)C)ccc1OC. The number of methoxy groups -OCH3 is 2. The van der Waals surface area contributed by atoms with Crippen molar-refractivity contribution in [2.75, 3.05) is 34.0 Å². The number of hydrogen-bond acceptors (Lipinski definition) is 5. The first-order chi connectivity index (χ1) is 15.9. The number of amides is 1. The molecule has 2 N–H and O–H groups in total. The van der Waals surface area contributed by atoms with Crippen molar-refractivity contribution >= 4 is 5.91 Å². The zero-order chi connectivity index (χ0) is 24.1. The molecule has 0 saturated heterocycles. The average molecular weight is 464 g/mol. The molecule has 1 aromatic carbocycles. The number of hydrogen-bond donors (Lipinski definition) is 2. The van der Waals surface area contributed by atoms with E-state index in [1.54, 1.807) is 14.2 Å². The predicted octanol–water partition coefficient (Wildman–Crippen LogP) is 4.76. The summed E-state index contributed by atoms with van der Waals surface area (Å²) in [5.41, 5.74) is 1.20. The van der Waals surface area contributed by atoms with Crippen LogP contribution in [0.1, 0.15) is 70.8 Å². The van der Waals surface area contributed by atoms with Crippen LogP contribution < -0.4 is 14.8 Å². The fourth-order valence-electron chi connectivity index (χ4n) is 4.56. The van der Waals surface area contributed by atoms with Crippen molar-refractivity contribution in [2.24, 2.45) is 17.8 Å². The molecule has 6 heteroatoms. The molecular weight excluding hydrogens is 418 g/mol. The van der Waals surface area contributed by atoms with Crippen molar-refractivity contribution in [3.05, 3.63) is 23.8 Å². The van der Waals surface area contributed by atoms with Crippen molar-refractivity contribution < 1.29 is 24.1 Å². The first-order valence-corrected chi connectivity index (χ1v) is 12.7. The number of aliphatic hydroxyl groups excluding tert-OH is 1. The molecule has 33 heavy (non-hydrogen) atoms. The summed E-state index contributed by atoms with van der Waals surface area (Å²) >= 11 is 0. The van der Waals surface area contributed by atoms with Crippen LogP contribution in [-0.4, -0.2) is 51.1 Å². The normalized spacial score (nSPS) is 16.4. The van der Waals surface area contributed by atoms with E-state index < -0.39 is 6.10 Å². The topological polar surface area (TPSA) is 77.0 Å². The number of carbonyl (C=O) groups excluding carboxylic acids is 1. The quantitative estimate of drug-likeness (QED) is 0.367. The van der Waals surface area contributed by atoms with Gasteiger partial charge in [0.05, 0.1) is 19.8 Å². The molecule has 2 unspecified atom stereocenters. The predicted molar refractivity (Wildman–Crippen MR) is 132 cm³/mol. The Morgan fingerprint density at radius 3 is 2.52 bits per heavy atom. The first-order valence-electron chi connectivity index (χ1n) is 12.7. The van der Waals surface area contributed by atoms with Gasteiger partial charge < -0.3 is 24.6 Å². The summed E-state index contributed by atoms with van der Waals surface area (Å²) in [6.45, 7) is 6.06. The Balaban J connectivity index is 1.84. The van der Waals surface area contributed by atoms with Gasteiger partial charge in [-0.25, -0.2) is 0 Å². The Bertz CT molecular complexity index is 687. The van der Waals surface area contributed by atoms with Gasteiger partial charge in [0, 0.05) is 32.6 Å². The first kappa shape index (κ1) is 27.5. The maximum absolute atomic E-state index is 12.3. The van der Waals surface area contributed by atoms with Crippen molar-refractivity contribution in [1.82, 2.24) is 5.32 Å². The molecule has 0 radical (unpaired) electrons. The lowest BCUT2D eigenvalue weighted by Gasteiger charge is -2.24. The van der Waals surface area contributed by atoms with Gasteiger partial charge in [-0.3, -0.25) is 4.79 Å². The smallest absolute Gasteiger partial charge is 0.223 e. The van der Waals surface area contributed by atoms with E-state index in [4.69, 9.17) is 14.2 Å². The number of benzene rings is 1. The van der Waals surface area contributed by atoms with E-state index in [9.17, 15) is 9.90 Å². The highest BCUT2D eigenvalue weighted by Gasteiger charge is 2.22. The summed E-state index contributed by atoms with van der Waals surface area (Å²) in [5.74, 6) is 2.67. The van der Waals surface area contributed by atoms with Crippen molar-refractivity contribution in [3.63, 3.8) is 0 Å². The Kier molecular flexibility index (Phi) is 12.6. The van der Waals surface area contributed by atoms with Crippen molar-refractivity contribution in [2.45, 2.75) is 77.7 Å². The summed E-state index contributed by atoms with van der Waals surface area (Å²) in [6, 6.07) is 6.13. The lowest BCUT2D eigenvalue weighted by atomic mass is 9.84. The highest BCUT2D eigenvalue weighted by Crippen LogP contribution is 2.31. The summed E-state index contributed by atoms with van der Waals surface area (Å²) in [4.78, 5) is 12.3. The molecule has 0 spiro atoms. The molecule has 188 valence electrons. The van der Waals surface area contributed by atoms with Crippen LogP contribution in [0.15, 0.2) is 18.2 Å². The minimum Gasteiger partial charge on any atom is -0.493 e. The van der Waals surface area contributed by atoms with Gasteiger partial charge in [0.1, 0.15) is 0 Å². The van der Waals surface area contributed by atoms with Gasteiger partial charge in [-0.1, -0.05) is 39.2 Å². The lowest BCUT2D eigenvalue weighted by Crippen LogP contribution is -2.37. The second kappa shape index (κ2) is 15.2. The van der Waals surface area contributed by atoms with Gasteiger partial charge in [0.25, 0.3) is 0 Å².